The van der Waals surface area contributed by atoms with Gasteiger partial charge in [-0.1, -0.05) is 6.92 Å². The molecule has 0 bridgehead atoms. The normalized spacial score (nSPS) is 17.2. The van der Waals surface area contributed by atoms with E-state index >= 15 is 0 Å². The second-order valence-electron chi connectivity index (χ2n) is 4.32. The van der Waals surface area contributed by atoms with E-state index in [9.17, 15) is 9.59 Å². The number of nitrogens with zero attached hydrogens (tertiary/aromatic N) is 1. The van der Waals surface area contributed by atoms with Crippen molar-refractivity contribution in [2.75, 3.05) is 13.1 Å². The Bertz CT molecular complexity index is 264. The van der Waals surface area contributed by atoms with Crippen LogP contribution < -0.4 is 5.32 Å². The highest BCUT2D eigenvalue weighted by Gasteiger charge is 2.32. The summed E-state index contributed by atoms with van der Waals surface area (Å²) in [4.78, 5) is 24.0. The van der Waals surface area contributed by atoms with E-state index in [-0.39, 0.29) is 5.91 Å². The summed E-state index contributed by atoms with van der Waals surface area (Å²) >= 11 is 0. The van der Waals surface area contributed by atoms with Gasteiger partial charge in [0.05, 0.1) is 0 Å². The molecule has 0 aromatic heterocycles. The molecule has 0 aromatic carbocycles. The van der Waals surface area contributed by atoms with E-state index in [1.165, 1.54) is 6.92 Å². The first-order valence-electron chi connectivity index (χ1n) is 5.78. The topological polar surface area (TPSA) is 69.6 Å². The van der Waals surface area contributed by atoms with Crippen LogP contribution in [0.25, 0.3) is 0 Å². The maximum absolute atomic E-state index is 11.0. The van der Waals surface area contributed by atoms with E-state index in [1.54, 1.807) is 0 Å². The summed E-state index contributed by atoms with van der Waals surface area (Å²) in [5.41, 5.74) is 0. The number of nitrogens with one attached hydrogen (secondary N) is 1. The van der Waals surface area contributed by atoms with Crippen molar-refractivity contribution >= 4 is 11.9 Å². The lowest BCUT2D eigenvalue weighted by Gasteiger charge is -2.25. The van der Waals surface area contributed by atoms with E-state index in [0.717, 1.165) is 25.8 Å². The molecule has 0 spiro atoms. The van der Waals surface area contributed by atoms with Gasteiger partial charge in [0.2, 0.25) is 5.91 Å². The van der Waals surface area contributed by atoms with E-state index < -0.39 is 12.0 Å². The predicted molar refractivity (Wildman–Crippen MR) is 60.1 cm³/mol. The molecule has 1 amide bonds. The van der Waals surface area contributed by atoms with Crippen molar-refractivity contribution in [2.45, 2.75) is 45.2 Å². The monoisotopic (exact) mass is 228 g/mol. The molecule has 92 valence electrons. The molecule has 1 saturated carbocycles. The molecule has 1 atom stereocenters. The molecule has 1 aliphatic rings. The highest BCUT2D eigenvalue weighted by Crippen LogP contribution is 2.26. The van der Waals surface area contributed by atoms with Gasteiger partial charge in [0.25, 0.3) is 0 Å². The van der Waals surface area contributed by atoms with Crippen LogP contribution in [-0.4, -0.2) is 47.1 Å². The number of rotatable bonds is 7. The summed E-state index contributed by atoms with van der Waals surface area (Å²) in [6.07, 6.45) is 3.29. The van der Waals surface area contributed by atoms with Crippen LogP contribution in [0.2, 0.25) is 0 Å². The Kier molecular flexibility index (Phi) is 4.73. The van der Waals surface area contributed by atoms with E-state index in [0.29, 0.717) is 12.6 Å². The maximum atomic E-state index is 11.0. The zero-order chi connectivity index (χ0) is 12.1. The van der Waals surface area contributed by atoms with E-state index in [2.05, 4.69) is 17.1 Å². The van der Waals surface area contributed by atoms with Crippen LogP contribution >= 0.6 is 0 Å². The molecule has 0 heterocycles. The number of carboxylic acid groups (broad SMARTS) is 1. The molecule has 5 heteroatoms. The molecule has 1 aliphatic carbocycles. The van der Waals surface area contributed by atoms with Crippen molar-refractivity contribution < 1.29 is 14.7 Å². The Morgan fingerprint density at radius 1 is 1.50 bits per heavy atom. The Balaban J connectivity index is 2.50. The summed E-state index contributed by atoms with van der Waals surface area (Å²) in [5, 5.41) is 11.5. The first kappa shape index (κ1) is 13.0. The van der Waals surface area contributed by atoms with Crippen LogP contribution in [0.3, 0.4) is 0 Å². The highest BCUT2D eigenvalue weighted by atomic mass is 16.4. The quantitative estimate of drug-likeness (QED) is 0.664. The van der Waals surface area contributed by atoms with Crippen LogP contribution in [-0.2, 0) is 9.59 Å². The third-order valence-corrected chi connectivity index (χ3v) is 2.67. The Morgan fingerprint density at radius 3 is 2.50 bits per heavy atom. The molecule has 5 nitrogen and oxygen atoms in total. The second kappa shape index (κ2) is 5.84. The van der Waals surface area contributed by atoms with Gasteiger partial charge in [0.15, 0.2) is 0 Å². The predicted octanol–water partition coefficient (Wildman–Crippen LogP) is 0.450. The van der Waals surface area contributed by atoms with Gasteiger partial charge in [0, 0.05) is 19.5 Å². The molecular weight excluding hydrogens is 208 g/mol. The first-order valence-corrected chi connectivity index (χ1v) is 5.78. The largest absolute Gasteiger partial charge is 0.480 e. The van der Waals surface area contributed by atoms with E-state index in [1.807, 2.05) is 0 Å². The number of aliphatic carboxylic acids is 1. The minimum Gasteiger partial charge on any atom is -0.480 e. The average molecular weight is 228 g/mol. The third kappa shape index (κ3) is 4.18. The van der Waals surface area contributed by atoms with Gasteiger partial charge in [-0.2, -0.15) is 0 Å². The van der Waals surface area contributed by atoms with Crippen molar-refractivity contribution in [3.8, 4) is 0 Å². The number of hydrogen-bond acceptors (Lipinski definition) is 3. The van der Waals surface area contributed by atoms with Crippen LogP contribution in [0.1, 0.15) is 33.1 Å². The maximum Gasteiger partial charge on any atom is 0.327 e. The van der Waals surface area contributed by atoms with Crippen molar-refractivity contribution in [3.05, 3.63) is 0 Å². The molecule has 0 aliphatic heterocycles. The number of amides is 1. The molecule has 0 radical (unpaired) electrons. The molecule has 2 N–H and O–H groups in total. The van der Waals surface area contributed by atoms with Crippen molar-refractivity contribution in [2.24, 2.45) is 0 Å². The fraction of sp³-hybridized carbons (Fsp3) is 0.818. The molecule has 16 heavy (non-hydrogen) atoms. The lowest BCUT2D eigenvalue weighted by molar-refractivity contribution is -0.142. The highest BCUT2D eigenvalue weighted by molar-refractivity contribution is 5.82. The minimum absolute atomic E-state index is 0.292. The average Bonchev–Trinajstić information content (AvgIpc) is 2.98. The van der Waals surface area contributed by atoms with Gasteiger partial charge in [0.1, 0.15) is 6.04 Å². The molecular formula is C11H20N2O3. The summed E-state index contributed by atoms with van der Waals surface area (Å²) in [7, 11) is 0. The first-order chi connectivity index (χ1) is 7.54. The number of carbonyl (C=O) groups excluding carboxylic acids is 1. The van der Waals surface area contributed by atoms with Gasteiger partial charge < -0.3 is 10.4 Å². The number of hydrogen-bond donors (Lipinski definition) is 2. The number of carbonyl (C=O) groups is 2. The van der Waals surface area contributed by atoms with Gasteiger partial charge in [-0.05, 0) is 25.8 Å². The van der Waals surface area contributed by atoms with Crippen LogP contribution in [0.15, 0.2) is 0 Å². The van der Waals surface area contributed by atoms with Gasteiger partial charge in [-0.3, -0.25) is 9.69 Å². The van der Waals surface area contributed by atoms with Crippen LogP contribution in [0.5, 0.6) is 0 Å². The summed E-state index contributed by atoms with van der Waals surface area (Å²) in [6, 6.07) is -0.264. The standard InChI is InChI=1S/C11H20N2O3/c1-3-6-13(9-4-5-9)7-10(11(15)16)12-8(2)14/h9-10H,3-7H2,1-2H3,(H,12,14)(H,15,16). The van der Waals surface area contributed by atoms with Crippen LogP contribution in [0.4, 0.5) is 0 Å². The lowest BCUT2D eigenvalue weighted by atomic mass is 10.2. The van der Waals surface area contributed by atoms with Crippen molar-refractivity contribution in [1.29, 1.82) is 0 Å². The van der Waals surface area contributed by atoms with Gasteiger partial charge in [-0.25, -0.2) is 4.79 Å². The fourth-order valence-electron chi connectivity index (χ4n) is 1.82. The third-order valence-electron chi connectivity index (χ3n) is 2.67. The Morgan fingerprint density at radius 2 is 2.12 bits per heavy atom. The van der Waals surface area contributed by atoms with Crippen LogP contribution in [0, 0.1) is 0 Å². The molecule has 0 saturated heterocycles. The SMILES string of the molecule is CCCN(CC(NC(C)=O)C(=O)O)C1CC1. The minimum atomic E-state index is -0.961. The zero-order valence-electron chi connectivity index (χ0n) is 9.90. The summed E-state index contributed by atoms with van der Waals surface area (Å²) in [6.45, 7) is 4.72. The fourth-order valence-corrected chi connectivity index (χ4v) is 1.82. The molecule has 1 rings (SSSR count). The number of carboxylic acids is 1. The Labute approximate surface area is 95.8 Å². The van der Waals surface area contributed by atoms with E-state index in [4.69, 9.17) is 5.11 Å². The van der Waals surface area contributed by atoms with Crippen molar-refractivity contribution in [3.63, 3.8) is 0 Å². The van der Waals surface area contributed by atoms with Crippen molar-refractivity contribution in [1.82, 2.24) is 10.2 Å². The molecule has 1 unspecified atom stereocenters. The van der Waals surface area contributed by atoms with Gasteiger partial charge in [-0.15, -0.1) is 0 Å². The smallest absolute Gasteiger partial charge is 0.327 e. The molecule has 0 aromatic rings. The Hall–Kier alpha value is -1.10. The molecule has 1 fully saturated rings. The summed E-state index contributed by atoms with van der Waals surface area (Å²) in [5.74, 6) is -1.25. The second-order valence-corrected chi connectivity index (χ2v) is 4.32. The summed E-state index contributed by atoms with van der Waals surface area (Å²) < 4.78 is 0. The van der Waals surface area contributed by atoms with Gasteiger partial charge >= 0.3 is 5.97 Å². The zero-order valence-corrected chi connectivity index (χ0v) is 9.90. The lowest BCUT2D eigenvalue weighted by Crippen LogP contribution is -2.48.